The Kier molecular flexibility index (Phi) is 5.81. The van der Waals surface area contributed by atoms with Crippen LogP contribution in [0, 0.1) is 17.5 Å². The van der Waals surface area contributed by atoms with Crippen LogP contribution in [0.2, 0.25) is 0 Å². The zero-order valence-electron chi connectivity index (χ0n) is 18.1. The van der Waals surface area contributed by atoms with Crippen LogP contribution in [0.25, 0.3) is 0 Å². The number of carbonyl (C=O) groups is 2. The zero-order chi connectivity index (χ0) is 24.0. The molecule has 1 fully saturated rings. The van der Waals surface area contributed by atoms with Gasteiger partial charge in [-0.25, -0.2) is 13.2 Å². The minimum absolute atomic E-state index is 0.0629. The van der Waals surface area contributed by atoms with Gasteiger partial charge in [-0.15, -0.1) is 0 Å². The first-order chi connectivity index (χ1) is 15.6. The predicted molar refractivity (Wildman–Crippen MR) is 112 cm³/mol. The Morgan fingerprint density at radius 3 is 2.42 bits per heavy atom. The van der Waals surface area contributed by atoms with Crippen molar-refractivity contribution < 1.29 is 27.9 Å². The SMILES string of the molecule is CC1CCCC(C)N2CN1C(=O)c1c(O)c(=O)c(C(=O)NCc3c(F)cc(F)cc3F)cn12. The summed E-state index contributed by atoms with van der Waals surface area (Å²) < 4.78 is 42.2. The molecule has 2 amide bonds. The summed E-state index contributed by atoms with van der Waals surface area (Å²) in [5, 5.41) is 14.6. The van der Waals surface area contributed by atoms with Crippen LogP contribution < -0.4 is 15.8 Å². The number of amides is 2. The van der Waals surface area contributed by atoms with E-state index in [4.69, 9.17) is 0 Å². The van der Waals surface area contributed by atoms with Gasteiger partial charge in [-0.2, -0.15) is 0 Å². The molecule has 1 aromatic carbocycles. The zero-order valence-corrected chi connectivity index (χ0v) is 18.1. The Balaban J connectivity index is 1.71. The first-order valence-corrected chi connectivity index (χ1v) is 10.6. The van der Waals surface area contributed by atoms with E-state index < -0.39 is 58.1 Å². The molecule has 2 N–H and O–H groups in total. The Morgan fingerprint density at radius 2 is 1.76 bits per heavy atom. The van der Waals surface area contributed by atoms with Gasteiger partial charge in [0.2, 0.25) is 5.43 Å². The van der Waals surface area contributed by atoms with Crippen LogP contribution in [-0.2, 0) is 6.54 Å². The Labute approximate surface area is 187 Å². The van der Waals surface area contributed by atoms with Gasteiger partial charge in [0.25, 0.3) is 11.8 Å². The van der Waals surface area contributed by atoms with E-state index in [-0.39, 0.29) is 24.4 Å². The van der Waals surface area contributed by atoms with Gasteiger partial charge in [0.1, 0.15) is 29.7 Å². The maximum absolute atomic E-state index is 13.9. The minimum atomic E-state index is -1.19. The molecule has 1 saturated heterocycles. The summed E-state index contributed by atoms with van der Waals surface area (Å²) in [6.07, 6.45) is 3.60. The second-order valence-corrected chi connectivity index (χ2v) is 8.43. The van der Waals surface area contributed by atoms with Crippen LogP contribution in [0.1, 0.15) is 59.5 Å². The Morgan fingerprint density at radius 1 is 1.12 bits per heavy atom. The third-order valence-electron chi connectivity index (χ3n) is 6.26. The monoisotopic (exact) mass is 464 g/mol. The molecule has 8 nitrogen and oxygen atoms in total. The highest BCUT2D eigenvalue weighted by Crippen LogP contribution is 2.28. The van der Waals surface area contributed by atoms with Crippen molar-refractivity contribution in [2.75, 3.05) is 11.7 Å². The van der Waals surface area contributed by atoms with E-state index in [1.54, 1.807) is 9.91 Å². The molecule has 3 heterocycles. The number of nitrogens with zero attached hydrogens (tertiary/aromatic N) is 3. The molecule has 2 aromatic rings. The molecular weight excluding hydrogens is 441 g/mol. The average molecular weight is 464 g/mol. The van der Waals surface area contributed by atoms with E-state index in [9.17, 15) is 32.7 Å². The second kappa shape index (κ2) is 8.45. The quantitative estimate of drug-likeness (QED) is 0.727. The smallest absolute Gasteiger partial charge is 0.278 e. The van der Waals surface area contributed by atoms with Crippen molar-refractivity contribution >= 4 is 11.8 Å². The highest BCUT2D eigenvalue weighted by molar-refractivity contribution is 5.99. The number of fused-ring (bicyclic) bond motifs is 4. The summed E-state index contributed by atoms with van der Waals surface area (Å²) >= 11 is 0. The summed E-state index contributed by atoms with van der Waals surface area (Å²) in [6.45, 7) is 3.39. The minimum Gasteiger partial charge on any atom is -0.502 e. The van der Waals surface area contributed by atoms with E-state index in [1.807, 2.05) is 13.8 Å². The molecule has 4 rings (SSSR count). The van der Waals surface area contributed by atoms with Crippen LogP contribution in [0.15, 0.2) is 23.1 Å². The van der Waals surface area contributed by atoms with Crippen LogP contribution in [0.5, 0.6) is 5.75 Å². The van der Waals surface area contributed by atoms with Crippen molar-refractivity contribution in [1.82, 2.24) is 14.9 Å². The van der Waals surface area contributed by atoms with Gasteiger partial charge in [-0.3, -0.25) is 24.1 Å². The molecule has 2 aliphatic heterocycles. The molecule has 2 atom stereocenters. The molecule has 0 radical (unpaired) electrons. The molecule has 0 spiro atoms. The number of carbonyl (C=O) groups excluding carboxylic acids is 2. The lowest BCUT2D eigenvalue weighted by Gasteiger charge is -2.46. The van der Waals surface area contributed by atoms with Crippen LogP contribution in [0.4, 0.5) is 13.2 Å². The highest BCUT2D eigenvalue weighted by Gasteiger charge is 2.38. The van der Waals surface area contributed by atoms with Crippen molar-refractivity contribution in [3.63, 3.8) is 0 Å². The van der Waals surface area contributed by atoms with Gasteiger partial charge in [0.15, 0.2) is 11.4 Å². The third kappa shape index (κ3) is 3.91. The fourth-order valence-electron chi connectivity index (χ4n) is 4.29. The maximum Gasteiger partial charge on any atom is 0.278 e. The lowest BCUT2D eigenvalue weighted by atomic mass is 10.0. The van der Waals surface area contributed by atoms with E-state index >= 15 is 0 Å². The molecule has 0 saturated carbocycles. The van der Waals surface area contributed by atoms with Gasteiger partial charge in [-0.05, 0) is 33.1 Å². The summed E-state index contributed by atoms with van der Waals surface area (Å²) in [7, 11) is 0. The molecule has 11 heteroatoms. The summed E-state index contributed by atoms with van der Waals surface area (Å²) in [5.74, 6) is -5.88. The molecule has 0 aliphatic carbocycles. The first-order valence-electron chi connectivity index (χ1n) is 10.6. The fraction of sp³-hybridized carbons (Fsp3) is 0.409. The van der Waals surface area contributed by atoms with Crippen LogP contribution >= 0.6 is 0 Å². The van der Waals surface area contributed by atoms with E-state index in [2.05, 4.69) is 5.32 Å². The molecule has 33 heavy (non-hydrogen) atoms. The number of hydrogen-bond acceptors (Lipinski definition) is 5. The molecule has 2 unspecified atom stereocenters. The van der Waals surface area contributed by atoms with Gasteiger partial charge in [0.05, 0.1) is 0 Å². The summed E-state index contributed by atoms with van der Waals surface area (Å²) in [4.78, 5) is 40.1. The Hall–Kier alpha value is -3.50. The third-order valence-corrected chi connectivity index (χ3v) is 6.26. The number of hydrogen-bond donors (Lipinski definition) is 2. The molecular formula is C22H23F3N4O4. The van der Waals surface area contributed by atoms with Crippen molar-refractivity contribution in [2.24, 2.45) is 0 Å². The topological polar surface area (TPSA) is 94.9 Å². The number of benzene rings is 1. The van der Waals surface area contributed by atoms with Crippen molar-refractivity contribution in [3.8, 4) is 5.75 Å². The average Bonchev–Trinajstić information content (AvgIpc) is 2.74. The maximum atomic E-state index is 13.9. The van der Waals surface area contributed by atoms with Crippen LogP contribution in [-0.4, -0.2) is 45.2 Å². The van der Waals surface area contributed by atoms with Crippen LogP contribution in [0.3, 0.4) is 0 Å². The lowest BCUT2D eigenvalue weighted by molar-refractivity contribution is 0.0565. The van der Waals surface area contributed by atoms with Crippen molar-refractivity contribution in [2.45, 2.75) is 51.7 Å². The van der Waals surface area contributed by atoms with Gasteiger partial charge >= 0.3 is 0 Å². The largest absolute Gasteiger partial charge is 0.502 e. The van der Waals surface area contributed by atoms with Crippen molar-refractivity contribution in [1.29, 1.82) is 0 Å². The van der Waals surface area contributed by atoms with Gasteiger partial charge in [0, 0.05) is 42.5 Å². The summed E-state index contributed by atoms with van der Waals surface area (Å²) in [5.41, 5.74) is -2.39. The van der Waals surface area contributed by atoms with E-state index in [1.165, 1.54) is 4.68 Å². The molecule has 2 bridgehead atoms. The Bertz CT molecular complexity index is 1180. The molecule has 2 aliphatic rings. The number of pyridine rings is 1. The predicted octanol–water partition coefficient (Wildman–Crippen LogP) is 2.21. The van der Waals surface area contributed by atoms with Gasteiger partial charge in [-0.1, -0.05) is 0 Å². The first kappa shape index (κ1) is 22.7. The normalized spacial score (nSPS) is 20.2. The lowest BCUT2D eigenvalue weighted by Crippen LogP contribution is -2.60. The standard InChI is InChI=1S/C22H23F3N4O4/c1-11-4-3-5-12(2)29-10-27(11)22(33)18-20(31)19(30)15(9-28(18)29)21(32)26-8-14-16(24)6-13(23)7-17(14)25/h6-7,9,11-12,31H,3-5,8,10H2,1-2H3,(H,26,32). The van der Waals surface area contributed by atoms with E-state index in [0.717, 1.165) is 25.5 Å². The van der Waals surface area contributed by atoms with Gasteiger partial charge < -0.3 is 15.3 Å². The molecule has 176 valence electrons. The number of halogens is 3. The second-order valence-electron chi connectivity index (χ2n) is 8.43. The number of aromatic hydroxyl groups is 1. The summed E-state index contributed by atoms with van der Waals surface area (Å²) in [6, 6.07) is 0.795. The number of aromatic nitrogens is 1. The highest BCUT2D eigenvalue weighted by atomic mass is 19.1. The number of rotatable bonds is 3. The molecule has 1 aromatic heterocycles. The number of nitrogens with one attached hydrogen (secondary N) is 1. The van der Waals surface area contributed by atoms with Crippen molar-refractivity contribution in [3.05, 3.63) is 62.8 Å². The fourth-order valence-corrected chi connectivity index (χ4v) is 4.29. The van der Waals surface area contributed by atoms with E-state index in [0.29, 0.717) is 12.1 Å².